The van der Waals surface area contributed by atoms with Gasteiger partial charge in [-0.15, -0.1) is 20.4 Å². The zero-order chi connectivity index (χ0) is 19.7. The molecule has 0 fully saturated rings. The Balaban J connectivity index is 1.48. The van der Waals surface area contributed by atoms with Crippen LogP contribution in [-0.2, 0) is 0 Å². The molecule has 9 nitrogen and oxygen atoms in total. The smallest absolute Gasteiger partial charge is 0.251 e. The van der Waals surface area contributed by atoms with Gasteiger partial charge in [-0.1, -0.05) is 18.2 Å². The van der Waals surface area contributed by atoms with Gasteiger partial charge in [0.2, 0.25) is 5.82 Å². The van der Waals surface area contributed by atoms with Crippen molar-refractivity contribution in [1.82, 2.24) is 40.1 Å². The Morgan fingerprint density at radius 2 is 1.79 bits per heavy atom. The first-order valence-electron chi connectivity index (χ1n) is 9.03. The number of nitrogens with zero attached hydrogens (tertiary/aromatic N) is 7. The van der Waals surface area contributed by atoms with Crippen LogP contribution in [0.2, 0.25) is 0 Å². The zero-order valence-electron chi connectivity index (χ0n) is 15.8. The normalized spacial score (nSPS) is 12.4. The van der Waals surface area contributed by atoms with Crippen LogP contribution >= 0.6 is 0 Å². The van der Waals surface area contributed by atoms with Gasteiger partial charge < -0.3 is 5.32 Å². The SMILES string of the molecule is CC(C)n1nnc(-c2ccc(C(=O)N[C@@H](C)c3nnc4ccccn34)cc2)n1. The molecule has 3 heterocycles. The highest BCUT2D eigenvalue weighted by Crippen LogP contribution is 2.17. The van der Waals surface area contributed by atoms with E-state index in [4.69, 9.17) is 0 Å². The van der Waals surface area contributed by atoms with Crippen LogP contribution < -0.4 is 5.32 Å². The molecule has 0 unspecified atom stereocenters. The van der Waals surface area contributed by atoms with E-state index in [1.165, 1.54) is 0 Å². The molecular weight excluding hydrogens is 356 g/mol. The maximum atomic E-state index is 12.6. The van der Waals surface area contributed by atoms with Crippen LogP contribution in [0.3, 0.4) is 0 Å². The summed E-state index contributed by atoms with van der Waals surface area (Å²) in [6, 6.07) is 12.6. The molecule has 28 heavy (non-hydrogen) atoms. The number of carbonyl (C=O) groups is 1. The van der Waals surface area contributed by atoms with E-state index in [0.717, 1.165) is 11.2 Å². The van der Waals surface area contributed by atoms with Crippen molar-refractivity contribution in [1.29, 1.82) is 0 Å². The molecule has 0 aliphatic rings. The Hall–Kier alpha value is -3.62. The highest BCUT2D eigenvalue weighted by molar-refractivity contribution is 5.94. The van der Waals surface area contributed by atoms with Crippen molar-refractivity contribution in [3.05, 3.63) is 60.0 Å². The van der Waals surface area contributed by atoms with Crippen LogP contribution in [0.1, 0.15) is 49.0 Å². The topological polar surface area (TPSA) is 103 Å². The van der Waals surface area contributed by atoms with Crippen LogP contribution in [0.5, 0.6) is 0 Å². The summed E-state index contributed by atoms with van der Waals surface area (Å²) in [5.41, 5.74) is 2.09. The van der Waals surface area contributed by atoms with E-state index in [2.05, 4.69) is 30.9 Å². The lowest BCUT2D eigenvalue weighted by atomic mass is 10.1. The summed E-state index contributed by atoms with van der Waals surface area (Å²) in [6.07, 6.45) is 1.87. The first kappa shape index (κ1) is 17.8. The average molecular weight is 376 g/mol. The fourth-order valence-electron chi connectivity index (χ4n) is 2.83. The summed E-state index contributed by atoms with van der Waals surface area (Å²) in [6.45, 7) is 5.85. The minimum atomic E-state index is -0.294. The van der Waals surface area contributed by atoms with E-state index in [0.29, 0.717) is 17.2 Å². The molecule has 3 aromatic heterocycles. The molecule has 0 saturated carbocycles. The van der Waals surface area contributed by atoms with Gasteiger partial charge in [-0.2, -0.15) is 4.80 Å². The Kier molecular flexibility index (Phi) is 4.56. The van der Waals surface area contributed by atoms with Crippen LogP contribution in [0.25, 0.3) is 17.0 Å². The number of fused-ring (bicyclic) bond motifs is 1. The summed E-state index contributed by atoms with van der Waals surface area (Å²) in [5.74, 6) is 1.02. The van der Waals surface area contributed by atoms with E-state index < -0.39 is 0 Å². The van der Waals surface area contributed by atoms with Crippen LogP contribution in [0.4, 0.5) is 0 Å². The van der Waals surface area contributed by atoms with E-state index in [9.17, 15) is 4.79 Å². The van der Waals surface area contributed by atoms with Gasteiger partial charge in [-0.05, 0) is 50.3 Å². The maximum absolute atomic E-state index is 12.6. The van der Waals surface area contributed by atoms with Crippen molar-refractivity contribution in [2.45, 2.75) is 32.9 Å². The molecule has 0 aliphatic carbocycles. The number of aromatic nitrogens is 7. The number of benzene rings is 1. The number of pyridine rings is 1. The van der Waals surface area contributed by atoms with Gasteiger partial charge in [0.15, 0.2) is 11.5 Å². The highest BCUT2D eigenvalue weighted by atomic mass is 16.1. The number of carbonyl (C=O) groups excluding carboxylic acids is 1. The molecule has 0 aliphatic heterocycles. The van der Waals surface area contributed by atoms with Gasteiger partial charge in [0, 0.05) is 17.3 Å². The second kappa shape index (κ2) is 7.18. The molecular formula is C19H20N8O. The second-order valence-corrected chi connectivity index (χ2v) is 6.79. The van der Waals surface area contributed by atoms with Crippen molar-refractivity contribution in [2.75, 3.05) is 0 Å². The van der Waals surface area contributed by atoms with Gasteiger partial charge in [0.25, 0.3) is 5.91 Å². The molecule has 1 amide bonds. The Morgan fingerprint density at radius 1 is 1.00 bits per heavy atom. The largest absolute Gasteiger partial charge is 0.342 e. The second-order valence-electron chi connectivity index (χ2n) is 6.79. The van der Waals surface area contributed by atoms with Crippen LogP contribution in [0, 0.1) is 0 Å². The molecule has 142 valence electrons. The number of hydrogen-bond acceptors (Lipinski definition) is 6. The number of nitrogens with one attached hydrogen (secondary N) is 1. The summed E-state index contributed by atoms with van der Waals surface area (Å²) in [7, 11) is 0. The molecule has 4 rings (SSSR count). The van der Waals surface area contributed by atoms with Gasteiger partial charge in [0.05, 0.1) is 12.1 Å². The van der Waals surface area contributed by atoms with Gasteiger partial charge in [-0.3, -0.25) is 9.20 Å². The van der Waals surface area contributed by atoms with Crippen LogP contribution in [0.15, 0.2) is 48.7 Å². The van der Waals surface area contributed by atoms with Crippen molar-refractivity contribution in [2.24, 2.45) is 0 Å². The molecule has 0 spiro atoms. The lowest BCUT2D eigenvalue weighted by Crippen LogP contribution is -2.27. The fourth-order valence-corrected chi connectivity index (χ4v) is 2.83. The zero-order valence-corrected chi connectivity index (χ0v) is 15.8. The molecule has 0 saturated heterocycles. The minimum Gasteiger partial charge on any atom is -0.342 e. The number of tetrazole rings is 1. The van der Waals surface area contributed by atoms with Crippen molar-refractivity contribution < 1.29 is 4.79 Å². The fraction of sp³-hybridized carbons (Fsp3) is 0.263. The Morgan fingerprint density at radius 3 is 2.50 bits per heavy atom. The molecule has 0 radical (unpaired) electrons. The van der Waals surface area contributed by atoms with Crippen LogP contribution in [-0.4, -0.2) is 40.7 Å². The molecule has 0 bridgehead atoms. The molecule has 4 aromatic rings. The quantitative estimate of drug-likeness (QED) is 0.574. The number of amides is 1. The average Bonchev–Trinajstić information content (AvgIpc) is 3.35. The standard InChI is InChI=1S/C19H20N8O/c1-12(2)27-24-17(22-25-27)14-7-9-15(10-8-14)19(28)20-13(3)18-23-21-16-6-4-5-11-26(16)18/h4-13H,1-3H3,(H,20,28)/t13-/m0/s1. The van der Waals surface area contributed by atoms with E-state index >= 15 is 0 Å². The predicted molar refractivity (Wildman–Crippen MR) is 103 cm³/mol. The Labute approximate surface area is 161 Å². The molecule has 1 atom stereocenters. The van der Waals surface area contributed by atoms with Gasteiger partial charge in [-0.25, -0.2) is 0 Å². The third-order valence-electron chi connectivity index (χ3n) is 4.37. The highest BCUT2D eigenvalue weighted by Gasteiger charge is 2.17. The summed E-state index contributed by atoms with van der Waals surface area (Å²) in [4.78, 5) is 14.2. The first-order valence-corrected chi connectivity index (χ1v) is 9.03. The molecule has 1 aromatic carbocycles. The molecule has 1 N–H and O–H groups in total. The monoisotopic (exact) mass is 376 g/mol. The number of rotatable bonds is 5. The minimum absolute atomic E-state index is 0.140. The number of hydrogen-bond donors (Lipinski definition) is 1. The summed E-state index contributed by atoms with van der Waals surface area (Å²) >= 11 is 0. The van der Waals surface area contributed by atoms with Crippen molar-refractivity contribution >= 4 is 11.6 Å². The first-order chi connectivity index (χ1) is 13.5. The lowest BCUT2D eigenvalue weighted by Gasteiger charge is -2.12. The van der Waals surface area contributed by atoms with E-state index in [1.807, 2.05) is 61.7 Å². The third-order valence-corrected chi connectivity index (χ3v) is 4.37. The maximum Gasteiger partial charge on any atom is 0.251 e. The van der Waals surface area contributed by atoms with Crippen molar-refractivity contribution in [3.63, 3.8) is 0 Å². The predicted octanol–water partition coefficient (Wildman–Crippen LogP) is 2.45. The lowest BCUT2D eigenvalue weighted by molar-refractivity contribution is 0.0938. The van der Waals surface area contributed by atoms with Crippen molar-refractivity contribution in [3.8, 4) is 11.4 Å². The van der Waals surface area contributed by atoms with Gasteiger partial charge >= 0.3 is 0 Å². The molecule has 9 heteroatoms. The third kappa shape index (κ3) is 3.34. The summed E-state index contributed by atoms with van der Waals surface area (Å²) in [5, 5.41) is 23.7. The van der Waals surface area contributed by atoms with Gasteiger partial charge in [0.1, 0.15) is 0 Å². The van der Waals surface area contributed by atoms with E-state index in [-0.39, 0.29) is 18.0 Å². The van der Waals surface area contributed by atoms with E-state index in [1.54, 1.807) is 16.9 Å². The summed E-state index contributed by atoms with van der Waals surface area (Å²) < 4.78 is 1.86. The Bertz CT molecular complexity index is 1110.